The van der Waals surface area contributed by atoms with E-state index >= 15 is 0 Å². The van der Waals surface area contributed by atoms with Crippen LogP contribution in [0.15, 0.2) is 36.4 Å². The molecular weight excluding hydrogens is 324 g/mol. The fourth-order valence-corrected chi connectivity index (χ4v) is 3.07. The number of anilines is 2. The van der Waals surface area contributed by atoms with Gasteiger partial charge in [0.2, 0.25) is 0 Å². The number of hydrogen-bond donors (Lipinski definition) is 1. The lowest BCUT2D eigenvalue weighted by atomic mass is 10.1. The van der Waals surface area contributed by atoms with Crippen molar-refractivity contribution < 1.29 is 13.6 Å². The summed E-state index contributed by atoms with van der Waals surface area (Å²) in [5.74, 6) is -1.15. The third-order valence-corrected chi connectivity index (χ3v) is 4.44. The van der Waals surface area contributed by atoms with Gasteiger partial charge in [-0.25, -0.2) is 13.6 Å². The van der Waals surface area contributed by atoms with Crippen LogP contribution in [0.25, 0.3) is 0 Å². The van der Waals surface area contributed by atoms with Gasteiger partial charge in [-0.3, -0.25) is 0 Å². The largest absolute Gasteiger partial charge is 0.363 e. The van der Waals surface area contributed by atoms with Crippen LogP contribution < -0.4 is 10.2 Å². The van der Waals surface area contributed by atoms with Gasteiger partial charge in [0.05, 0.1) is 0 Å². The quantitative estimate of drug-likeness (QED) is 0.895. The van der Waals surface area contributed by atoms with Crippen molar-refractivity contribution in [2.24, 2.45) is 0 Å². The summed E-state index contributed by atoms with van der Waals surface area (Å²) in [6.07, 6.45) is 0. The van der Waals surface area contributed by atoms with E-state index in [1.807, 2.05) is 32.0 Å². The van der Waals surface area contributed by atoms with Crippen molar-refractivity contribution in [1.82, 2.24) is 4.90 Å². The van der Waals surface area contributed by atoms with E-state index in [9.17, 15) is 13.6 Å². The van der Waals surface area contributed by atoms with Crippen LogP contribution >= 0.6 is 0 Å². The van der Waals surface area contributed by atoms with Crippen LogP contribution in [-0.2, 0) is 0 Å². The Morgan fingerprint density at radius 2 is 1.64 bits per heavy atom. The third-order valence-electron chi connectivity index (χ3n) is 4.44. The van der Waals surface area contributed by atoms with Crippen LogP contribution in [0.3, 0.4) is 0 Å². The van der Waals surface area contributed by atoms with E-state index in [2.05, 4.69) is 5.32 Å². The monoisotopic (exact) mass is 345 g/mol. The van der Waals surface area contributed by atoms with E-state index in [0.717, 1.165) is 16.8 Å². The first kappa shape index (κ1) is 17.2. The number of rotatable bonds is 2. The predicted molar refractivity (Wildman–Crippen MR) is 95.1 cm³/mol. The number of amides is 2. The van der Waals surface area contributed by atoms with E-state index in [4.69, 9.17) is 0 Å². The molecule has 132 valence electrons. The van der Waals surface area contributed by atoms with E-state index < -0.39 is 11.6 Å². The highest BCUT2D eigenvalue weighted by molar-refractivity contribution is 5.90. The summed E-state index contributed by atoms with van der Waals surface area (Å²) in [7, 11) is 0. The highest BCUT2D eigenvalue weighted by atomic mass is 19.1. The van der Waals surface area contributed by atoms with E-state index in [1.54, 1.807) is 9.80 Å². The summed E-state index contributed by atoms with van der Waals surface area (Å²) < 4.78 is 27.8. The van der Waals surface area contributed by atoms with Crippen molar-refractivity contribution in [3.05, 3.63) is 59.2 Å². The maximum atomic E-state index is 13.9. The molecular formula is C19H21F2N3O. The normalized spacial score (nSPS) is 14.6. The fourth-order valence-electron chi connectivity index (χ4n) is 3.07. The van der Waals surface area contributed by atoms with Crippen LogP contribution in [0.2, 0.25) is 0 Å². The Morgan fingerprint density at radius 1 is 1.00 bits per heavy atom. The Balaban J connectivity index is 1.63. The Labute approximate surface area is 146 Å². The molecule has 1 aliphatic heterocycles. The Bertz CT molecular complexity index is 766. The van der Waals surface area contributed by atoms with E-state index in [-0.39, 0.29) is 11.7 Å². The number of piperazine rings is 1. The summed E-state index contributed by atoms with van der Waals surface area (Å²) in [6.45, 7) is 5.53. The van der Waals surface area contributed by atoms with Crippen LogP contribution in [0, 0.1) is 25.5 Å². The van der Waals surface area contributed by atoms with Crippen molar-refractivity contribution in [3.63, 3.8) is 0 Å². The third kappa shape index (κ3) is 3.73. The van der Waals surface area contributed by atoms with Crippen molar-refractivity contribution in [2.75, 3.05) is 36.4 Å². The summed E-state index contributed by atoms with van der Waals surface area (Å²) in [5.41, 5.74) is 2.89. The first-order valence-corrected chi connectivity index (χ1v) is 8.28. The molecule has 2 aromatic carbocycles. The van der Waals surface area contributed by atoms with Gasteiger partial charge in [0.15, 0.2) is 0 Å². The average molecular weight is 345 g/mol. The second-order valence-electron chi connectivity index (χ2n) is 6.29. The van der Waals surface area contributed by atoms with Crippen molar-refractivity contribution >= 4 is 17.4 Å². The van der Waals surface area contributed by atoms with Gasteiger partial charge in [-0.2, -0.15) is 0 Å². The zero-order chi connectivity index (χ0) is 18.0. The van der Waals surface area contributed by atoms with Crippen molar-refractivity contribution in [1.29, 1.82) is 0 Å². The van der Waals surface area contributed by atoms with Crippen LogP contribution in [0.4, 0.5) is 25.0 Å². The fraction of sp³-hybridized carbons (Fsp3) is 0.316. The molecule has 1 heterocycles. The highest BCUT2D eigenvalue weighted by Gasteiger charge is 2.25. The number of nitrogens with one attached hydrogen (secondary N) is 1. The molecule has 0 spiro atoms. The van der Waals surface area contributed by atoms with Gasteiger partial charge in [-0.05, 0) is 37.6 Å². The molecule has 1 aliphatic rings. The van der Waals surface area contributed by atoms with Gasteiger partial charge in [-0.15, -0.1) is 0 Å². The zero-order valence-corrected chi connectivity index (χ0v) is 14.4. The molecule has 6 heteroatoms. The standard InChI is InChI=1S/C19H21F2N3O/c1-13-6-7-17(14(2)12-13)22-19(25)24-10-8-23(9-11-24)18-15(20)4-3-5-16(18)21/h3-7,12H,8-11H2,1-2H3,(H,22,25). The van der Waals surface area contributed by atoms with Crippen molar-refractivity contribution in [2.45, 2.75) is 13.8 Å². The second kappa shape index (κ2) is 7.09. The minimum Gasteiger partial charge on any atom is -0.363 e. The molecule has 0 bridgehead atoms. The van der Waals surface area contributed by atoms with Crippen molar-refractivity contribution in [3.8, 4) is 0 Å². The molecule has 0 aromatic heterocycles. The Morgan fingerprint density at radius 3 is 2.24 bits per heavy atom. The van der Waals surface area contributed by atoms with Gasteiger partial charge in [0.1, 0.15) is 17.3 Å². The van der Waals surface area contributed by atoms with E-state index in [0.29, 0.717) is 26.2 Å². The molecule has 0 saturated carbocycles. The summed E-state index contributed by atoms with van der Waals surface area (Å²) >= 11 is 0. The van der Waals surface area contributed by atoms with Gasteiger partial charge in [-0.1, -0.05) is 23.8 Å². The molecule has 25 heavy (non-hydrogen) atoms. The molecule has 2 amide bonds. The SMILES string of the molecule is Cc1ccc(NC(=O)N2CCN(c3c(F)cccc3F)CC2)c(C)c1. The molecule has 1 N–H and O–H groups in total. The first-order chi connectivity index (χ1) is 12.0. The number of aryl methyl sites for hydroxylation is 2. The average Bonchev–Trinajstić information content (AvgIpc) is 2.58. The lowest BCUT2D eigenvalue weighted by Crippen LogP contribution is -2.50. The molecule has 0 aliphatic carbocycles. The lowest BCUT2D eigenvalue weighted by Gasteiger charge is -2.36. The second-order valence-corrected chi connectivity index (χ2v) is 6.29. The summed E-state index contributed by atoms with van der Waals surface area (Å²) in [4.78, 5) is 15.7. The molecule has 3 rings (SSSR count). The number of nitrogens with zero attached hydrogens (tertiary/aromatic N) is 2. The highest BCUT2D eigenvalue weighted by Crippen LogP contribution is 2.24. The number of hydrogen-bond acceptors (Lipinski definition) is 2. The maximum absolute atomic E-state index is 13.9. The van der Waals surface area contributed by atoms with Crippen LogP contribution in [-0.4, -0.2) is 37.1 Å². The molecule has 0 radical (unpaired) electrons. The van der Waals surface area contributed by atoms with Gasteiger partial charge >= 0.3 is 6.03 Å². The predicted octanol–water partition coefficient (Wildman–Crippen LogP) is 3.94. The number of benzene rings is 2. The minimum absolute atomic E-state index is 0.0167. The molecule has 4 nitrogen and oxygen atoms in total. The van der Waals surface area contributed by atoms with E-state index in [1.165, 1.54) is 18.2 Å². The molecule has 0 unspecified atom stereocenters. The minimum atomic E-state index is -0.576. The Hall–Kier alpha value is -2.63. The summed E-state index contributed by atoms with van der Waals surface area (Å²) in [6, 6.07) is 9.49. The Kier molecular flexibility index (Phi) is 4.88. The topological polar surface area (TPSA) is 35.6 Å². The number of halogens is 2. The smallest absolute Gasteiger partial charge is 0.321 e. The number of para-hydroxylation sites is 1. The van der Waals surface area contributed by atoms with Gasteiger partial charge in [0, 0.05) is 31.9 Å². The maximum Gasteiger partial charge on any atom is 0.321 e. The van der Waals surface area contributed by atoms with Gasteiger partial charge < -0.3 is 15.1 Å². The molecule has 1 fully saturated rings. The lowest BCUT2D eigenvalue weighted by molar-refractivity contribution is 0.208. The zero-order valence-electron chi connectivity index (χ0n) is 14.4. The number of urea groups is 1. The van der Waals surface area contributed by atoms with Gasteiger partial charge in [0.25, 0.3) is 0 Å². The number of carbonyl (C=O) groups excluding carboxylic acids is 1. The first-order valence-electron chi connectivity index (χ1n) is 8.28. The van der Waals surface area contributed by atoms with Crippen LogP contribution in [0.1, 0.15) is 11.1 Å². The number of carbonyl (C=O) groups is 1. The molecule has 2 aromatic rings. The molecule has 0 atom stereocenters. The molecule has 1 saturated heterocycles. The summed E-state index contributed by atoms with van der Waals surface area (Å²) in [5, 5.41) is 2.90. The van der Waals surface area contributed by atoms with Crippen LogP contribution in [0.5, 0.6) is 0 Å².